The molecule has 0 bridgehead atoms. The van der Waals surface area contributed by atoms with Crippen molar-refractivity contribution < 1.29 is 4.68 Å². The fourth-order valence-corrected chi connectivity index (χ4v) is 4.73. The maximum atomic E-state index is 5.24. The summed E-state index contributed by atoms with van der Waals surface area (Å²) < 4.78 is 2.13. The Kier molecular flexibility index (Phi) is 6.00. The Morgan fingerprint density at radius 3 is 1.64 bits per heavy atom. The summed E-state index contributed by atoms with van der Waals surface area (Å²) in [5.74, 6) is 0. The van der Waals surface area contributed by atoms with Gasteiger partial charge in [-0.3, -0.25) is 0 Å². The minimum Gasteiger partial charge on any atom is -0.0622 e. The van der Waals surface area contributed by atoms with Gasteiger partial charge in [0.15, 0.2) is 0 Å². The number of aromatic nitrogens is 2. The van der Waals surface area contributed by atoms with Crippen LogP contribution in [0.4, 0.5) is 0 Å². The second-order valence-corrected chi connectivity index (χ2v) is 11.6. The molecule has 2 nitrogen and oxygen atoms in total. The van der Waals surface area contributed by atoms with Crippen molar-refractivity contribution in [1.82, 2.24) is 5.10 Å². The molecule has 36 heavy (non-hydrogen) atoms. The average molecular weight is 472 g/mol. The van der Waals surface area contributed by atoms with E-state index in [4.69, 9.17) is 5.10 Å². The molecule has 0 saturated carbocycles. The number of nitrogens with zero attached hydrogens (tertiary/aromatic N) is 2. The van der Waals surface area contributed by atoms with Gasteiger partial charge in [-0.05, 0) is 56.5 Å². The molecule has 1 aromatic heterocycles. The van der Waals surface area contributed by atoms with Crippen LogP contribution in [-0.2, 0) is 10.8 Å². The molecule has 4 aromatic carbocycles. The van der Waals surface area contributed by atoms with E-state index in [0.717, 1.165) is 22.5 Å². The van der Waals surface area contributed by atoms with E-state index in [0.29, 0.717) is 0 Å². The van der Waals surface area contributed by atoms with Crippen LogP contribution in [-0.4, -0.2) is 5.10 Å². The number of rotatable bonds is 3. The summed E-state index contributed by atoms with van der Waals surface area (Å²) in [4.78, 5) is 0. The second kappa shape index (κ2) is 9.02. The largest absolute Gasteiger partial charge is 0.254 e. The topological polar surface area (TPSA) is 16.8 Å². The van der Waals surface area contributed by atoms with E-state index in [1.807, 2.05) is 0 Å². The lowest BCUT2D eigenvalue weighted by Crippen LogP contribution is -2.38. The van der Waals surface area contributed by atoms with Crippen molar-refractivity contribution in [3.63, 3.8) is 0 Å². The molecular weight excluding hydrogens is 436 g/mol. The SMILES string of the molecule is CC(C)(C)c1ccc(-[n+]2nc3ccc(C(C)(C)C)cc3c(-c3ccccc3)c2-c2ccccc2)cc1. The maximum Gasteiger partial charge on any atom is 0.254 e. The summed E-state index contributed by atoms with van der Waals surface area (Å²) in [6.07, 6.45) is 0. The van der Waals surface area contributed by atoms with E-state index >= 15 is 0 Å². The molecule has 180 valence electrons. The standard InChI is InChI=1S/C34H35N2/c1-33(2,3)26-17-20-28(21-18-26)36-32(25-15-11-8-12-16-25)31(24-13-9-7-10-14-24)29-23-27(34(4,5)6)19-22-30(29)35-36/h7-23H,1-6H3/q+1. The van der Waals surface area contributed by atoms with Crippen LogP contribution in [0.15, 0.2) is 103 Å². The van der Waals surface area contributed by atoms with Gasteiger partial charge < -0.3 is 0 Å². The predicted octanol–water partition coefficient (Wildman–Crippen LogP) is 8.44. The van der Waals surface area contributed by atoms with E-state index in [9.17, 15) is 0 Å². The fraction of sp³-hybridized carbons (Fsp3) is 0.235. The predicted molar refractivity (Wildman–Crippen MR) is 152 cm³/mol. The van der Waals surface area contributed by atoms with Crippen LogP contribution >= 0.6 is 0 Å². The monoisotopic (exact) mass is 471 g/mol. The van der Waals surface area contributed by atoms with Crippen LogP contribution in [0.2, 0.25) is 0 Å². The van der Waals surface area contributed by atoms with Crippen LogP contribution in [0.25, 0.3) is 39.0 Å². The van der Waals surface area contributed by atoms with Crippen molar-refractivity contribution >= 4 is 10.9 Å². The molecule has 0 radical (unpaired) electrons. The molecule has 0 aliphatic rings. The highest BCUT2D eigenvalue weighted by molar-refractivity contribution is 6.00. The molecule has 0 aliphatic carbocycles. The number of hydrogen-bond donors (Lipinski definition) is 0. The van der Waals surface area contributed by atoms with Gasteiger partial charge in [-0.15, -0.1) is 0 Å². The Morgan fingerprint density at radius 2 is 1.08 bits per heavy atom. The first-order valence-corrected chi connectivity index (χ1v) is 12.8. The Balaban J connectivity index is 1.90. The Morgan fingerprint density at radius 1 is 0.556 bits per heavy atom. The van der Waals surface area contributed by atoms with Gasteiger partial charge in [-0.25, -0.2) is 0 Å². The summed E-state index contributed by atoms with van der Waals surface area (Å²) in [7, 11) is 0. The zero-order valence-electron chi connectivity index (χ0n) is 22.2. The highest BCUT2D eigenvalue weighted by Gasteiger charge is 2.28. The normalized spacial score (nSPS) is 12.2. The second-order valence-electron chi connectivity index (χ2n) is 11.6. The minimum atomic E-state index is 0.0453. The Labute approximate surface area is 215 Å². The summed E-state index contributed by atoms with van der Waals surface area (Å²) >= 11 is 0. The van der Waals surface area contributed by atoms with Crippen LogP contribution in [0.5, 0.6) is 0 Å². The van der Waals surface area contributed by atoms with Gasteiger partial charge in [0.05, 0.1) is 5.56 Å². The molecule has 0 unspecified atom stereocenters. The van der Waals surface area contributed by atoms with E-state index in [1.165, 1.54) is 27.6 Å². The quantitative estimate of drug-likeness (QED) is 0.241. The van der Waals surface area contributed by atoms with E-state index in [-0.39, 0.29) is 10.8 Å². The van der Waals surface area contributed by atoms with Crippen molar-refractivity contribution in [2.45, 2.75) is 52.4 Å². The first-order valence-electron chi connectivity index (χ1n) is 12.8. The van der Waals surface area contributed by atoms with Gasteiger partial charge in [0.1, 0.15) is 5.52 Å². The highest BCUT2D eigenvalue weighted by atomic mass is 15.3. The molecule has 0 spiro atoms. The summed E-state index contributed by atoms with van der Waals surface area (Å²) in [6.45, 7) is 13.5. The number of fused-ring (bicyclic) bond motifs is 1. The smallest absolute Gasteiger partial charge is 0.0622 e. The molecule has 0 N–H and O–H groups in total. The van der Waals surface area contributed by atoms with Gasteiger partial charge in [-0.1, -0.05) is 108 Å². The van der Waals surface area contributed by atoms with Crippen molar-refractivity contribution in [3.8, 4) is 28.1 Å². The van der Waals surface area contributed by atoms with Crippen LogP contribution < -0.4 is 4.68 Å². The summed E-state index contributed by atoms with van der Waals surface area (Å²) in [5, 5.41) is 6.42. The first-order chi connectivity index (χ1) is 17.1. The van der Waals surface area contributed by atoms with Crippen LogP contribution in [0.3, 0.4) is 0 Å². The van der Waals surface area contributed by atoms with Gasteiger partial charge in [0.2, 0.25) is 5.69 Å². The lowest BCUT2D eigenvalue weighted by Gasteiger charge is -2.20. The number of benzene rings is 4. The van der Waals surface area contributed by atoms with Gasteiger partial charge in [-0.2, -0.15) is 0 Å². The Hall–Kier alpha value is -3.78. The van der Waals surface area contributed by atoms with Gasteiger partial charge >= 0.3 is 0 Å². The van der Waals surface area contributed by atoms with E-state index < -0.39 is 0 Å². The maximum absolute atomic E-state index is 5.24. The van der Waals surface area contributed by atoms with Crippen LogP contribution in [0.1, 0.15) is 52.7 Å². The lowest BCUT2D eigenvalue weighted by molar-refractivity contribution is -0.645. The number of hydrogen-bond acceptors (Lipinski definition) is 1. The molecule has 0 atom stereocenters. The van der Waals surface area contributed by atoms with E-state index in [2.05, 4.69) is 149 Å². The Bertz CT molecular complexity index is 1500. The van der Waals surface area contributed by atoms with Crippen LogP contribution in [0, 0.1) is 0 Å². The summed E-state index contributed by atoms with van der Waals surface area (Å²) in [6, 6.07) is 37.0. The minimum absolute atomic E-state index is 0.0453. The summed E-state index contributed by atoms with van der Waals surface area (Å²) in [5.41, 5.74) is 9.45. The van der Waals surface area contributed by atoms with Crippen molar-refractivity contribution in [1.29, 1.82) is 0 Å². The third-order valence-corrected chi connectivity index (χ3v) is 6.88. The third-order valence-electron chi connectivity index (χ3n) is 6.88. The molecule has 0 saturated heterocycles. The molecule has 0 fully saturated rings. The highest BCUT2D eigenvalue weighted by Crippen LogP contribution is 2.37. The fourth-order valence-electron chi connectivity index (χ4n) is 4.73. The molecule has 2 heteroatoms. The molecule has 0 aliphatic heterocycles. The molecule has 0 amide bonds. The molecular formula is C34H35N2+. The van der Waals surface area contributed by atoms with Gasteiger partial charge in [0.25, 0.3) is 5.69 Å². The van der Waals surface area contributed by atoms with Crippen molar-refractivity contribution in [2.24, 2.45) is 0 Å². The molecule has 5 rings (SSSR count). The average Bonchev–Trinajstić information content (AvgIpc) is 2.87. The lowest BCUT2D eigenvalue weighted by atomic mass is 9.85. The van der Waals surface area contributed by atoms with Gasteiger partial charge in [0, 0.05) is 28.2 Å². The van der Waals surface area contributed by atoms with Crippen molar-refractivity contribution in [3.05, 3.63) is 114 Å². The van der Waals surface area contributed by atoms with Crippen molar-refractivity contribution in [2.75, 3.05) is 0 Å². The zero-order valence-corrected chi connectivity index (χ0v) is 22.2. The van der Waals surface area contributed by atoms with E-state index in [1.54, 1.807) is 0 Å². The molecule has 5 aromatic rings. The first kappa shape index (κ1) is 23.9. The molecule has 1 heterocycles. The third kappa shape index (κ3) is 4.56. The zero-order chi connectivity index (χ0) is 25.5.